The number of benzene rings is 1. The number of nitrogens with two attached hydrogens (primary N) is 1. The highest BCUT2D eigenvalue weighted by molar-refractivity contribution is 7.16. The molecular weight excluding hydrogens is 256 g/mol. The number of aromatic nitrogens is 1. The van der Waals surface area contributed by atoms with Gasteiger partial charge in [0.25, 0.3) is 0 Å². The summed E-state index contributed by atoms with van der Waals surface area (Å²) in [6.07, 6.45) is 0. The van der Waals surface area contributed by atoms with Crippen LogP contribution >= 0.6 is 22.9 Å². The normalized spacial score (nSPS) is 11.2. The van der Waals surface area contributed by atoms with Crippen molar-refractivity contribution in [1.82, 2.24) is 4.98 Å². The van der Waals surface area contributed by atoms with Crippen molar-refractivity contribution in [2.45, 2.75) is 6.92 Å². The molecule has 1 aromatic carbocycles. The molecule has 2 aromatic heterocycles. The molecule has 86 valence electrons. The van der Waals surface area contributed by atoms with E-state index in [1.807, 2.05) is 25.1 Å². The second-order valence-corrected chi connectivity index (χ2v) is 5.44. The van der Waals surface area contributed by atoms with E-state index >= 15 is 0 Å². The van der Waals surface area contributed by atoms with Crippen molar-refractivity contribution in [2.24, 2.45) is 0 Å². The first-order valence-electron chi connectivity index (χ1n) is 5.06. The van der Waals surface area contributed by atoms with Crippen LogP contribution in [0, 0.1) is 6.92 Å². The first-order chi connectivity index (χ1) is 8.15. The fourth-order valence-corrected chi connectivity index (χ4v) is 2.72. The molecule has 2 N–H and O–H groups in total. The zero-order valence-electron chi connectivity index (χ0n) is 9.03. The van der Waals surface area contributed by atoms with Crippen molar-refractivity contribution in [3.05, 3.63) is 34.2 Å². The maximum absolute atomic E-state index is 6.04. The van der Waals surface area contributed by atoms with Crippen molar-refractivity contribution in [3.63, 3.8) is 0 Å². The third kappa shape index (κ3) is 1.69. The van der Waals surface area contributed by atoms with E-state index in [0.29, 0.717) is 21.5 Å². The summed E-state index contributed by atoms with van der Waals surface area (Å²) in [5, 5.41) is 1.27. The predicted molar refractivity (Wildman–Crippen MR) is 71.5 cm³/mol. The molecular formula is C12H9ClN2OS. The van der Waals surface area contributed by atoms with Gasteiger partial charge >= 0.3 is 0 Å². The summed E-state index contributed by atoms with van der Waals surface area (Å²) in [6.45, 7) is 2.00. The Balaban J connectivity index is 2.25. The molecule has 0 bridgehead atoms. The number of nitrogens with zero attached hydrogens (tertiary/aromatic N) is 1. The Bertz CT molecular complexity index is 702. The summed E-state index contributed by atoms with van der Waals surface area (Å²) in [5.41, 5.74) is 8.10. The van der Waals surface area contributed by atoms with Gasteiger partial charge in [-0.15, -0.1) is 11.3 Å². The first kappa shape index (κ1) is 10.6. The number of hydrogen-bond donors (Lipinski definition) is 1. The predicted octanol–water partition coefficient (Wildman–Crippen LogP) is 4.10. The average Bonchev–Trinajstić information content (AvgIpc) is 2.82. The molecule has 0 unspecified atom stereocenters. The molecule has 0 amide bonds. The van der Waals surface area contributed by atoms with E-state index in [4.69, 9.17) is 21.8 Å². The monoisotopic (exact) mass is 264 g/mol. The van der Waals surface area contributed by atoms with E-state index in [1.165, 1.54) is 11.3 Å². The molecule has 0 saturated carbocycles. The summed E-state index contributed by atoms with van der Waals surface area (Å²) >= 11 is 7.56. The molecule has 17 heavy (non-hydrogen) atoms. The molecule has 3 aromatic rings. The molecule has 0 aliphatic carbocycles. The maximum Gasteiger partial charge on any atom is 0.230 e. The van der Waals surface area contributed by atoms with Crippen LogP contribution in [0.3, 0.4) is 0 Å². The first-order valence-corrected chi connectivity index (χ1v) is 6.26. The quantitative estimate of drug-likeness (QED) is 0.720. The van der Waals surface area contributed by atoms with Crippen molar-refractivity contribution < 1.29 is 4.42 Å². The molecule has 0 atom stereocenters. The van der Waals surface area contributed by atoms with Crippen LogP contribution in [0.25, 0.3) is 22.6 Å². The number of oxazole rings is 1. The average molecular weight is 265 g/mol. The lowest BCUT2D eigenvalue weighted by molar-refractivity contribution is 0.620. The van der Waals surface area contributed by atoms with Gasteiger partial charge in [-0.05, 0) is 25.1 Å². The van der Waals surface area contributed by atoms with Gasteiger partial charge < -0.3 is 10.2 Å². The number of nitrogen functional groups attached to an aromatic ring is 1. The Morgan fingerprint density at radius 3 is 2.88 bits per heavy atom. The Kier molecular flexibility index (Phi) is 2.34. The van der Waals surface area contributed by atoms with Crippen LogP contribution in [-0.2, 0) is 0 Å². The van der Waals surface area contributed by atoms with Crippen molar-refractivity contribution in [1.29, 1.82) is 0 Å². The Hall–Kier alpha value is -1.52. The van der Waals surface area contributed by atoms with E-state index in [9.17, 15) is 0 Å². The number of rotatable bonds is 1. The van der Waals surface area contributed by atoms with Gasteiger partial charge in [0.1, 0.15) is 5.52 Å². The molecule has 3 nitrogen and oxygen atoms in total. The summed E-state index contributed by atoms with van der Waals surface area (Å²) in [6, 6.07) is 7.46. The van der Waals surface area contributed by atoms with Crippen LogP contribution in [0.4, 0.5) is 5.00 Å². The molecule has 5 heteroatoms. The number of hydrogen-bond acceptors (Lipinski definition) is 4. The minimum atomic E-state index is 0.523. The molecule has 3 rings (SSSR count). The minimum absolute atomic E-state index is 0.523. The van der Waals surface area contributed by atoms with Gasteiger partial charge in [-0.3, -0.25) is 0 Å². The number of thiophene rings is 1. The van der Waals surface area contributed by atoms with E-state index in [2.05, 4.69) is 4.98 Å². The number of fused-ring (bicyclic) bond motifs is 1. The van der Waals surface area contributed by atoms with Gasteiger partial charge in [-0.1, -0.05) is 17.7 Å². The zero-order valence-corrected chi connectivity index (χ0v) is 10.6. The zero-order chi connectivity index (χ0) is 12.0. The third-order valence-corrected chi connectivity index (χ3v) is 3.66. The van der Waals surface area contributed by atoms with Crippen LogP contribution in [0.15, 0.2) is 28.7 Å². The van der Waals surface area contributed by atoms with Crippen LogP contribution in [0.5, 0.6) is 0 Å². The smallest absolute Gasteiger partial charge is 0.230 e. The highest BCUT2D eigenvalue weighted by atomic mass is 35.5. The summed E-state index contributed by atoms with van der Waals surface area (Å²) in [4.78, 5) is 5.52. The lowest BCUT2D eigenvalue weighted by atomic mass is 10.3. The van der Waals surface area contributed by atoms with Crippen molar-refractivity contribution in [2.75, 3.05) is 5.73 Å². The highest BCUT2D eigenvalue weighted by Crippen LogP contribution is 2.35. The van der Waals surface area contributed by atoms with Gasteiger partial charge in [0.2, 0.25) is 5.89 Å². The number of anilines is 1. The molecule has 0 fully saturated rings. The summed E-state index contributed by atoms with van der Waals surface area (Å²) in [5.74, 6) is 0.523. The molecule has 0 aliphatic heterocycles. The molecule has 0 saturated heterocycles. The standard InChI is InChI=1S/C12H9ClN2OS/c1-6-5-7(11(14)17-6)12-15-9-4-2-3-8(13)10(9)16-12/h2-5H,14H2,1H3. The van der Waals surface area contributed by atoms with Gasteiger partial charge in [0.15, 0.2) is 5.58 Å². The van der Waals surface area contributed by atoms with Crippen LogP contribution in [-0.4, -0.2) is 4.98 Å². The third-order valence-electron chi connectivity index (χ3n) is 2.48. The lowest BCUT2D eigenvalue weighted by Gasteiger charge is -1.91. The number of halogens is 1. The fraction of sp³-hybridized carbons (Fsp3) is 0.0833. The molecule has 0 radical (unpaired) electrons. The molecule has 0 aliphatic rings. The topological polar surface area (TPSA) is 52.0 Å². The van der Waals surface area contributed by atoms with E-state index in [0.717, 1.165) is 16.0 Å². The van der Waals surface area contributed by atoms with Crippen molar-refractivity contribution >= 4 is 39.0 Å². The van der Waals surface area contributed by atoms with E-state index in [1.54, 1.807) is 6.07 Å². The molecule has 2 heterocycles. The van der Waals surface area contributed by atoms with Gasteiger partial charge in [0, 0.05) is 4.88 Å². The second-order valence-electron chi connectivity index (χ2n) is 3.74. The molecule has 0 spiro atoms. The highest BCUT2D eigenvalue weighted by Gasteiger charge is 2.14. The van der Waals surface area contributed by atoms with Gasteiger partial charge in [-0.25, -0.2) is 4.98 Å². The Morgan fingerprint density at radius 1 is 1.41 bits per heavy atom. The van der Waals surface area contributed by atoms with Crippen LogP contribution < -0.4 is 5.73 Å². The van der Waals surface area contributed by atoms with Gasteiger partial charge in [-0.2, -0.15) is 0 Å². The van der Waals surface area contributed by atoms with E-state index < -0.39 is 0 Å². The lowest BCUT2D eigenvalue weighted by Crippen LogP contribution is -1.82. The second kappa shape index (κ2) is 3.75. The van der Waals surface area contributed by atoms with Crippen LogP contribution in [0.1, 0.15) is 4.88 Å². The van der Waals surface area contributed by atoms with Crippen molar-refractivity contribution in [3.8, 4) is 11.5 Å². The van der Waals surface area contributed by atoms with Gasteiger partial charge in [0.05, 0.1) is 15.6 Å². The Labute approximate surface area is 107 Å². The summed E-state index contributed by atoms with van der Waals surface area (Å²) < 4.78 is 5.66. The summed E-state index contributed by atoms with van der Waals surface area (Å²) in [7, 11) is 0. The van der Waals surface area contributed by atoms with Crippen LogP contribution in [0.2, 0.25) is 5.02 Å². The number of aryl methyl sites for hydroxylation is 1. The largest absolute Gasteiger partial charge is 0.434 e. The maximum atomic E-state index is 6.04. The minimum Gasteiger partial charge on any atom is -0.434 e. The number of para-hydroxylation sites is 1. The fourth-order valence-electron chi connectivity index (χ4n) is 1.73. The van der Waals surface area contributed by atoms with E-state index in [-0.39, 0.29) is 0 Å². The Morgan fingerprint density at radius 2 is 2.24 bits per heavy atom. The SMILES string of the molecule is Cc1cc(-c2nc3cccc(Cl)c3o2)c(N)s1.